The molecule has 3 rings (SSSR count). The molecule has 1 aromatic heterocycles. The Morgan fingerprint density at radius 1 is 1.29 bits per heavy atom. The van der Waals surface area contributed by atoms with E-state index in [4.69, 9.17) is 0 Å². The highest BCUT2D eigenvalue weighted by Gasteiger charge is 2.21. The van der Waals surface area contributed by atoms with Crippen LogP contribution in [0.1, 0.15) is 66.8 Å². The number of rotatable bonds is 9. The molecule has 1 atom stereocenters. The van der Waals surface area contributed by atoms with Crippen LogP contribution in [0, 0.1) is 6.92 Å². The predicted molar refractivity (Wildman–Crippen MR) is 123 cm³/mol. The summed E-state index contributed by atoms with van der Waals surface area (Å²) >= 11 is 1.36. The van der Waals surface area contributed by atoms with Crippen molar-refractivity contribution >= 4 is 23.6 Å². The van der Waals surface area contributed by atoms with E-state index in [-0.39, 0.29) is 23.6 Å². The van der Waals surface area contributed by atoms with Gasteiger partial charge in [0.05, 0.1) is 11.8 Å². The van der Waals surface area contributed by atoms with E-state index in [2.05, 4.69) is 27.4 Å². The molecule has 1 heterocycles. The van der Waals surface area contributed by atoms with Gasteiger partial charge in [-0.3, -0.25) is 9.59 Å². The second-order valence-electron chi connectivity index (χ2n) is 8.00. The van der Waals surface area contributed by atoms with Crippen LogP contribution in [-0.4, -0.2) is 38.4 Å². The average Bonchev–Trinajstić information content (AvgIpc) is 3.16. The normalized spacial score (nSPS) is 15.3. The van der Waals surface area contributed by atoms with E-state index in [0.717, 1.165) is 18.4 Å². The van der Waals surface area contributed by atoms with Gasteiger partial charge in [-0.15, -0.1) is 16.8 Å². The number of nitrogens with zero attached hydrogens (tertiary/aromatic N) is 3. The molecule has 7 nitrogen and oxygen atoms in total. The molecule has 0 bridgehead atoms. The minimum atomic E-state index is -0.342. The first-order valence-electron chi connectivity index (χ1n) is 10.8. The van der Waals surface area contributed by atoms with E-state index in [9.17, 15) is 9.59 Å². The summed E-state index contributed by atoms with van der Waals surface area (Å²) < 4.78 is 1.90. The molecular formula is C23H31N5O2S. The van der Waals surface area contributed by atoms with Crippen molar-refractivity contribution in [3.63, 3.8) is 0 Å². The van der Waals surface area contributed by atoms with Crippen molar-refractivity contribution < 1.29 is 9.59 Å². The van der Waals surface area contributed by atoms with Crippen LogP contribution in [0.3, 0.4) is 0 Å². The van der Waals surface area contributed by atoms with Crippen molar-refractivity contribution in [2.24, 2.45) is 0 Å². The number of hydrogen-bond donors (Lipinski definition) is 2. The zero-order valence-corrected chi connectivity index (χ0v) is 19.1. The molecule has 2 N–H and O–H groups in total. The number of thioether (sulfide) groups is 1. The fraction of sp³-hybridized carbons (Fsp3) is 0.478. The number of nitrogens with one attached hydrogen (secondary N) is 2. The second kappa shape index (κ2) is 11.1. The van der Waals surface area contributed by atoms with E-state index in [1.54, 1.807) is 12.1 Å². The second-order valence-corrected chi connectivity index (χ2v) is 8.94. The quantitative estimate of drug-likeness (QED) is 0.456. The summed E-state index contributed by atoms with van der Waals surface area (Å²) in [6, 6.07) is 7.40. The van der Waals surface area contributed by atoms with Crippen LogP contribution in [-0.2, 0) is 11.3 Å². The summed E-state index contributed by atoms with van der Waals surface area (Å²) in [5.41, 5.74) is 1.64. The maximum atomic E-state index is 12.6. The van der Waals surface area contributed by atoms with Gasteiger partial charge in [0.25, 0.3) is 5.91 Å². The highest BCUT2D eigenvalue weighted by molar-refractivity contribution is 7.99. The van der Waals surface area contributed by atoms with Crippen molar-refractivity contribution in [3.05, 3.63) is 53.9 Å². The van der Waals surface area contributed by atoms with Gasteiger partial charge in [-0.25, -0.2) is 0 Å². The fourth-order valence-corrected chi connectivity index (χ4v) is 4.57. The maximum absolute atomic E-state index is 12.6. The van der Waals surface area contributed by atoms with Gasteiger partial charge in [0.15, 0.2) is 11.0 Å². The lowest BCUT2D eigenvalue weighted by Crippen LogP contribution is -2.37. The van der Waals surface area contributed by atoms with Gasteiger partial charge in [0, 0.05) is 18.2 Å². The van der Waals surface area contributed by atoms with Crippen LogP contribution in [0.2, 0.25) is 0 Å². The minimum Gasteiger partial charge on any atom is -0.353 e. The third-order valence-corrected chi connectivity index (χ3v) is 6.34. The van der Waals surface area contributed by atoms with Gasteiger partial charge >= 0.3 is 0 Å². The summed E-state index contributed by atoms with van der Waals surface area (Å²) in [6.45, 7) is 8.14. The van der Waals surface area contributed by atoms with Gasteiger partial charge < -0.3 is 15.2 Å². The number of aromatic nitrogens is 3. The van der Waals surface area contributed by atoms with Crippen molar-refractivity contribution in [2.75, 3.05) is 5.75 Å². The van der Waals surface area contributed by atoms with E-state index < -0.39 is 0 Å². The first-order valence-corrected chi connectivity index (χ1v) is 11.8. The highest BCUT2D eigenvalue weighted by Crippen LogP contribution is 2.22. The van der Waals surface area contributed by atoms with E-state index >= 15 is 0 Å². The summed E-state index contributed by atoms with van der Waals surface area (Å²) in [5.74, 6) is 0.782. The van der Waals surface area contributed by atoms with Crippen LogP contribution in [0.5, 0.6) is 0 Å². The van der Waals surface area contributed by atoms with E-state index in [1.165, 1.54) is 31.0 Å². The molecule has 1 saturated carbocycles. The number of carbonyl (C=O) groups excluding carboxylic acids is 2. The summed E-state index contributed by atoms with van der Waals surface area (Å²) in [6.07, 6.45) is 7.50. The number of aryl methyl sites for hydroxylation is 1. The van der Waals surface area contributed by atoms with Crippen molar-refractivity contribution in [3.8, 4) is 0 Å². The average molecular weight is 442 g/mol. The van der Waals surface area contributed by atoms with Crippen molar-refractivity contribution in [2.45, 2.75) is 69.7 Å². The van der Waals surface area contributed by atoms with Crippen LogP contribution in [0.25, 0.3) is 0 Å². The number of allylic oxidation sites excluding steroid dienone is 1. The molecule has 2 amide bonds. The Bertz CT molecular complexity index is 920. The number of amides is 2. The molecule has 1 aromatic carbocycles. The van der Waals surface area contributed by atoms with Crippen LogP contribution in [0.4, 0.5) is 0 Å². The number of benzene rings is 1. The molecular weight excluding hydrogens is 410 g/mol. The largest absolute Gasteiger partial charge is 0.353 e. The molecule has 0 unspecified atom stereocenters. The minimum absolute atomic E-state index is 0.0207. The number of carbonyl (C=O) groups is 2. The molecule has 166 valence electrons. The lowest BCUT2D eigenvalue weighted by molar-refractivity contribution is -0.119. The van der Waals surface area contributed by atoms with Gasteiger partial charge in [0.1, 0.15) is 0 Å². The van der Waals surface area contributed by atoms with Crippen LogP contribution >= 0.6 is 11.8 Å². The lowest BCUT2D eigenvalue weighted by atomic mass is 9.95. The number of hydrogen-bond acceptors (Lipinski definition) is 5. The molecule has 31 heavy (non-hydrogen) atoms. The Balaban J connectivity index is 1.62. The maximum Gasteiger partial charge on any atom is 0.251 e. The van der Waals surface area contributed by atoms with Crippen molar-refractivity contribution in [1.82, 2.24) is 25.4 Å². The van der Waals surface area contributed by atoms with Gasteiger partial charge in [-0.1, -0.05) is 54.8 Å². The van der Waals surface area contributed by atoms with Gasteiger partial charge in [-0.2, -0.15) is 0 Å². The van der Waals surface area contributed by atoms with Gasteiger partial charge in [-0.05, 0) is 38.8 Å². The molecule has 1 aliphatic rings. The van der Waals surface area contributed by atoms with Gasteiger partial charge in [0.2, 0.25) is 5.91 Å². The molecule has 0 spiro atoms. The third kappa shape index (κ3) is 6.43. The fourth-order valence-electron chi connectivity index (χ4n) is 3.81. The Morgan fingerprint density at radius 3 is 2.77 bits per heavy atom. The summed E-state index contributed by atoms with van der Waals surface area (Å²) in [4.78, 5) is 25.0. The molecule has 0 saturated heterocycles. The molecule has 2 aromatic rings. The molecule has 0 aliphatic heterocycles. The summed E-state index contributed by atoms with van der Waals surface area (Å²) in [5, 5.41) is 15.3. The smallest absolute Gasteiger partial charge is 0.251 e. The van der Waals surface area contributed by atoms with Crippen LogP contribution < -0.4 is 10.6 Å². The Morgan fingerprint density at radius 2 is 2.06 bits per heavy atom. The Hall–Kier alpha value is -2.61. The van der Waals surface area contributed by atoms with E-state index in [0.29, 0.717) is 29.1 Å². The Labute approximate surface area is 188 Å². The predicted octanol–water partition coefficient (Wildman–Crippen LogP) is 3.80. The zero-order valence-electron chi connectivity index (χ0n) is 18.3. The summed E-state index contributed by atoms with van der Waals surface area (Å²) in [7, 11) is 0. The first kappa shape index (κ1) is 23.1. The monoisotopic (exact) mass is 441 g/mol. The van der Waals surface area contributed by atoms with Crippen molar-refractivity contribution in [1.29, 1.82) is 0 Å². The topological polar surface area (TPSA) is 88.9 Å². The third-order valence-electron chi connectivity index (χ3n) is 5.37. The SMILES string of the molecule is C=CCn1c(SCC(=O)NC2CCCCC2)nnc1[C@H](C)NC(=O)c1cccc(C)c1. The zero-order chi connectivity index (χ0) is 22.2. The van der Waals surface area contributed by atoms with Crippen LogP contribution in [0.15, 0.2) is 42.1 Å². The lowest BCUT2D eigenvalue weighted by Gasteiger charge is -2.22. The highest BCUT2D eigenvalue weighted by atomic mass is 32.2. The molecule has 1 fully saturated rings. The molecule has 1 aliphatic carbocycles. The standard InChI is InChI=1S/C23H31N5O2S/c1-4-13-28-21(17(3)24-22(30)18-10-8-9-16(2)14-18)26-27-23(28)31-15-20(29)25-19-11-6-5-7-12-19/h4,8-10,14,17,19H,1,5-7,11-13,15H2,2-3H3,(H,24,30)(H,25,29)/t17-/m0/s1. The van der Waals surface area contributed by atoms with E-state index in [1.807, 2.05) is 36.6 Å². The Kier molecular flexibility index (Phi) is 8.28. The molecule has 8 heteroatoms. The molecule has 0 radical (unpaired) electrons. The first-order chi connectivity index (χ1) is 15.0.